The SMILES string of the molecule is O=C(CN1C(=O)CNC1=O)N[C@@H](C(=O)O)c1ccccc1C(F)(F)F. The molecule has 1 heterocycles. The lowest BCUT2D eigenvalue weighted by Crippen LogP contribution is -2.44. The lowest BCUT2D eigenvalue weighted by molar-refractivity contribution is -0.144. The van der Waals surface area contributed by atoms with Gasteiger partial charge in [-0.1, -0.05) is 18.2 Å². The molecule has 1 saturated heterocycles. The van der Waals surface area contributed by atoms with Crippen LogP contribution in [0.2, 0.25) is 0 Å². The fourth-order valence-corrected chi connectivity index (χ4v) is 2.24. The third kappa shape index (κ3) is 4.05. The number of nitrogens with zero attached hydrogens (tertiary/aromatic N) is 1. The summed E-state index contributed by atoms with van der Waals surface area (Å²) in [6.45, 7) is -1.12. The van der Waals surface area contributed by atoms with E-state index in [0.29, 0.717) is 11.0 Å². The van der Waals surface area contributed by atoms with Crippen LogP contribution in [-0.2, 0) is 20.6 Å². The quantitative estimate of drug-likeness (QED) is 0.662. The zero-order valence-corrected chi connectivity index (χ0v) is 12.5. The molecule has 1 aromatic carbocycles. The number of benzene rings is 1. The summed E-state index contributed by atoms with van der Waals surface area (Å²) < 4.78 is 39.1. The molecule has 0 aromatic heterocycles. The van der Waals surface area contributed by atoms with Crippen molar-refractivity contribution >= 4 is 23.8 Å². The first-order chi connectivity index (χ1) is 11.6. The predicted molar refractivity (Wildman–Crippen MR) is 75.1 cm³/mol. The first-order valence-corrected chi connectivity index (χ1v) is 6.87. The Labute approximate surface area is 138 Å². The molecule has 25 heavy (non-hydrogen) atoms. The number of urea groups is 1. The van der Waals surface area contributed by atoms with E-state index in [-0.39, 0.29) is 6.54 Å². The Hall–Kier alpha value is -3.11. The second-order valence-electron chi connectivity index (χ2n) is 5.06. The minimum absolute atomic E-state index is 0.314. The number of hydrogen-bond donors (Lipinski definition) is 3. The largest absolute Gasteiger partial charge is 0.479 e. The van der Waals surface area contributed by atoms with Crippen LogP contribution in [-0.4, -0.2) is 46.9 Å². The topological polar surface area (TPSA) is 116 Å². The van der Waals surface area contributed by atoms with Gasteiger partial charge in [-0.25, -0.2) is 9.59 Å². The summed E-state index contributed by atoms with van der Waals surface area (Å²) in [6, 6.07) is 1.06. The van der Waals surface area contributed by atoms with Crippen molar-refractivity contribution in [2.75, 3.05) is 13.1 Å². The minimum Gasteiger partial charge on any atom is -0.479 e. The van der Waals surface area contributed by atoms with Crippen molar-refractivity contribution in [1.82, 2.24) is 15.5 Å². The maximum atomic E-state index is 13.0. The van der Waals surface area contributed by atoms with Crippen molar-refractivity contribution in [2.24, 2.45) is 0 Å². The summed E-state index contributed by atoms with van der Waals surface area (Å²) in [4.78, 5) is 46.5. The van der Waals surface area contributed by atoms with E-state index in [4.69, 9.17) is 0 Å². The monoisotopic (exact) mass is 359 g/mol. The summed E-state index contributed by atoms with van der Waals surface area (Å²) >= 11 is 0. The van der Waals surface area contributed by atoms with Gasteiger partial charge in [-0.3, -0.25) is 14.5 Å². The Balaban J connectivity index is 2.23. The first-order valence-electron chi connectivity index (χ1n) is 6.87. The maximum Gasteiger partial charge on any atom is 0.416 e. The van der Waals surface area contributed by atoms with Crippen molar-refractivity contribution in [2.45, 2.75) is 12.2 Å². The Morgan fingerprint density at radius 3 is 2.44 bits per heavy atom. The Bertz CT molecular complexity index is 719. The molecule has 1 aromatic rings. The lowest BCUT2D eigenvalue weighted by Gasteiger charge is -2.20. The molecule has 3 N–H and O–H groups in total. The average molecular weight is 359 g/mol. The summed E-state index contributed by atoms with van der Waals surface area (Å²) in [5, 5.41) is 13.2. The molecule has 134 valence electrons. The van der Waals surface area contributed by atoms with E-state index >= 15 is 0 Å². The first kappa shape index (κ1) is 18.2. The number of alkyl halides is 3. The zero-order valence-electron chi connectivity index (χ0n) is 12.5. The third-order valence-electron chi connectivity index (χ3n) is 3.37. The molecule has 0 radical (unpaired) electrons. The van der Waals surface area contributed by atoms with Crippen LogP contribution in [0.15, 0.2) is 24.3 Å². The number of rotatable bonds is 5. The van der Waals surface area contributed by atoms with Gasteiger partial charge in [0.1, 0.15) is 6.54 Å². The average Bonchev–Trinajstić information content (AvgIpc) is 2.83. The smallest absolute Gasteiger partial charge is 0.416 e. The van der Waals surface area contributed by atoms with Gasteiger partial charge in [0.2, 0.25) is 5.91 Å². The van der Waals surface area contributed by atoms with Gasteiger partial charge in [-0.15, -0.1) is 0 Å². The van der Waals surface area contributed by atoms with E-state index in [1.54, 1.807) is 0 Å². The number of hydrogen-bond acceptors (Lipinski definition) is 4. The van der Waals surface area contributed by atoms with Gasteiger partial charge in [-0.2, -0.15) is 13.2 Å². The van der Waals surface area contributed by atoms with E-state index in [1.165, 1.54) is 6.07 Å². The molecule has 0 spiro atoms. The molecular formula is C14H12F3N3O5. The molecule has 0 aliphatic carbocycles. The highest BCUT2D eigenvalue weighted by atomic mass is 19.4. The number of halogens is 3. The van der Waals surface area contributed by atoms with Crippen LogP contribution in [0.5, 0.6) is 0 Å². The molecule has 11 heteroatoms. The number of carbonyl (C=O) groups is 4. The van der Waals surface area contributed by atoms with Crippen LogP contribution in [0.25, 0.3) is 0 Å². The standard InChI is InChI=1S/C14H12F3N3O5/c15-14(16,17)8-4-2-1-3-7(8)11(12(23)24)19-9(21)6-20-10(22)5-18-13(20)25/h1-4,11H,5-6H2,(H,18,25)(H,19,21)(H,23,24)/t11-/m1/s1. The Morgan fingerprint density at radius 2 is 1.92 bits per heavy atom. The molecule has 1 atom stereocenters. The lowest BCUT2D eigenvalue weighted by atomic mass is 9.99. The maximum absolute atomic E-state index is 13.0. The minimum atomic E-state index is -4.82. The van der Waals surface area contributed by atoms with Crippen molar-refractivity contribution < 1.29 is 37.5 Å². The van der Waals surface area contributed by atoms with Gasteiger partial charge in [0.15, 0.2) is 6.04 Å². The van der Waals surface area contributed by atoms with Crippen molar-refractivity contribution in [3.8, 4) is 0 Å². The number of carbonyl (C=O) groups excluding carboxylic acids is 3. The summed E-state index contributed by atoms with van der Waals surface area (Å²) in [5.74, 6) is -3.51. The fraction of sp³-hybridized carbons (Fsp3) is 0.286. The van der Waals surface area contributed by atoms with Crippen molar-refractivity contribution in [3.63, 3.8) is 0 Å². The second kappa shape index (κ2) is 6.79. The van der Waals surface area contributed by atoms with Gasteiger partial charge in [-0.05, 0) is 11.6 Å². The highest BCUT2D eigenvalue weighted by molar-refractivity contribution is 6.04. The van der Waals surface area contributed by atoms with Crippen LogP contribution < -0.4 is 10.6 Å². The van der Waals surface area contributed by atoms with Crippen LogP contribution in [0.4, 0.5) is 18.0 Å². The second-order valence-corrected chi connectivity index (χ2v) is 5.06. The van der Waals surface area contributed by atoms with Gasteiger partial charge in [0.05, 0.1) is 12.1 Å². The molecule has 8 nitrogen and oxygen atoms in total. The van der Waals surface area contributed by atoms with Crippen molar-refractivity contribution in [3.05, 3.63) is 35.4 Å². The molecule has 4 amide bonds. The fourth-order valence-electron chi connectivity index (χ4n) is 2.24. The molecule has 1 fully saturated rings. The van der Waals surface area contributed by atoms with Gasteiger partial charge < -0.3 is 15.7 Å². The van der Waals surface area contributed by atoms with E-state index in [0.717, 1.165) is 12.1 Å². The number of imide groups is 1. The summed E-state index contributed by atoms with van der Waals surface area (Å²) in [7, 11) is 0. The Kier molecular flexibility index (Phi) is 4.95. The van der Waals surface area contributed by atoms with E-state index in [1.807, 2.05) is 5.32 Å². The molecule has 1 aliphatic heterocycles. The van der Waals surface area contributed by atoms with Crippen LogP contribution in [0.1, 0.15) is 17.2 Å². The van der Waals surface area contributed by atoms with E-state index < -0.39 is 53.7 Å². The van der Waals surface area contributed by atoms with Gasteiger partial charge >= 0.3 is 18.2 Å². The highest BCUT2D eigenvalue weighted by Crippen LogP contribution is 2.34. The van der Waals surface area contributed by atoms with Crippen LogP contribution in [0.3, 0.4) is 0 Å². The van der Waals surface area contributed by atoms with Gasteiger partial charge in [0.25, 0.3) is 5.91 Å². The summed E-state index contributed by atoms with van der Waals surface area (Å²) in [5.41, 5.74) is -1.87. The molecular weight excluding hydrogens is 347 g/mol. The highest BCUT2D eigenvalue weighted by Gasteiger charge is 2.38. The number of nitrogens with one attached hydrogen (secondary N) is 2. The van der Waals surface area contributed by atoms with Crippen molar-refractivity contribution in [1.29, 1.82) is 0 Å². The normalized spacial score (nSPS) is 15.7. The predicted octanol–water partition coefficient (Wildman–Crippen LogP) is 0.499. The van der Waals surface area contributed by atoms with Crippen LogP contribution in [0, 0.1) is 0 Å². The van der Waals surface area contributed by atoms with Crippen LogP contribution >= 0.6 is 0 Å². The molecule has 0 bridgehead atoms. The summed E-state index contributed by atoms with van der Waals surface area (Å²) in [6.07, 6.45) is -4.82. The zero-order chi connectivity index (χ0) is 18.8. The molecule has 0 saturated carbocycles. The Morgan fingerprint density at radius 1 is 1.28 bits per heavy atom. The molecule has 2 rings (SSSR count). The van der Waals surface area contributed by atoms with E-state index in [2.05, 4.69) is 5.32 Å². The molecule has 1 aliphatic rings. The number of carboxylic acid groups (broad SMARTS) is 1. The molecule has 0 unspecified atom stereocenters. The van der Waals surface area contributed by atoms with Gasteiger partial charge in [0, 0.05) is 0 Å². The number of carboxylic acids is 1. The third-order valence-corrected chi connectivity index (χ3v) is 3.37. The number of aliphatic carboxylic acids is 1. The number of amides is 4. The van der Waals surface area contributed by atoms with E-state index in [9.17, 15) is 37.5 Å².